The maximum absolute atomic E-state index is 12.9. The number of nitrogens with zero attached hydrogens (tertiary/aromatic N) is 2. The summed E-state index contributed by atoms with van der Waals surface area (Å²) in [6, 6.07) is 0. The maximum Gasteiger partial charge on any atom is 0.306 e. The molecule has 1 aromatic carbocycles. The fraction of sp³-hybridized carbons (Fsp3) is 0.882. The van der Waals surface area contributed by atoms with Crippen molar-refractivity contribution in [3.05, 3.63) is 20.4 Å². The van der Waals surface area contributed by atoms with Crippen LogP contribution in [-0.2, 0) is 19.1 Å². The zero-order valence-electron chi connectivity index (χ0n) is 40.0. The van der Waals surface area contributed by atoms with Crippen LogP contribution in [0.1, 0.15) is 239 Å². The molecule has 60 heavy (non-hydrogen) atoms. The third kappa shape index (κ3) is 29.8. The Kier molecular flexibility index (Phi) is 36.5. The Morgan fingerprint density at radius 3 is 1.42 bits per heavy atom. The molecule has 0 aliphatic carbocycles. The van der Waals surface area contributed by atoms with Gasteiger partial charge in [0.15, 0.2) is 0 Å². The van der Waals surface area contributed by atoms with E-state index in [-0.39, 0.29) is 18.0 Å². The normalized spacial score (nSPS) is 11.6. The van der Waals surface area contributed by atoms with Crippen LogP contribution in [0.2, 0.25) is 0 Å². The summed E-state index contributed by atoms with van der Waals surface area (Å²) in [5.41, 5.74) is 0.116. The highest BCUT2D eigenvalue weighted by molar-refractivity contribution is 5.74. The third-order valence-corrected chi connectivity index (χ3v) is 12.1. The number of nitrogens with one attached hydrogen (secondary N) is 1. The van der Waals surface area contributed by atoms with Crippen LogP contribution in [0.15, 0.2) is 9.59 Å². The van der Waals surface area contributed by atoms with Crippen molar-refractivity contribution in [2.24, 2.45) is 0 Å². The second kappa shape index (κ2) is 39.4. The van der Waals surface area contributed by atoms with Gasteiger partial charge in [-0.15, -0.1) is 0 Å². The molecule has 1 N–H and O–H groups in total. The SMILES string of the molecule is CCCCCCCCCOC(=O)CCCCCCCN(CCCCCCCC(=O)OC(CCCCCCCC)CCCCCCCC)CCCNc1c(N(C)C)c(=O)c1=O. The number of rotatable bonds is 45. The summed E-state index contributed by atoms with van der Waals surface area (Å²) in [5, 5.41) is 3.23. The third-order valence-electron chi connectivity index (χ3n) is 12.1. The Labute approximate surface area is 369 Å². The fourth-order valence-corrected chi connectivity index (χ4v) is 8.22. The lowest BCUT2D eigenvalue weighted by Crippen LogP contribution is -2.40. The molecule has 0 aromatic heterocycles. The van der Waals surface area contributed by atoms with Crippen LogP contribution >= 0.6 is 0 Å². The van der Waals surface area contributed by atoms with Crippen molar-refractivity contribution in [2.45, 2.75) is 245 Å². The number of carbonyl (C=O) groups excluding carboxylic acids is 2. The Bertz CT molecular complexity index is 1210. The maximum atomic E-state index is 12.9. The van der Waals surface area contributed by atoms with Gasteiger partial charge < -0.3 is 24.6 Å². The highest BCUT2D eigenvalue weighted by atomic mass is 16.5. The molecular weight excluding hydrogens is 751 g/mol. The van der Waals surface area contributed by atoms with Crippen molar-refractivity contribution in [3.8, 4) is 0 Å². The summed E-state index contributed by atoms with van der Waals surface area (Å²) in [6.07, 6.45) is 38.6. The van der Waals surface area contributed by atoms with E-state index in [2.05, 4.69) is 31.0 Å². The highest BCUT2D eigenvalue weighted by Gasteiger charge is 2.22. The largest absolute Gasteiger partial charge is 0.466 e. The lowest BCUT2D eigenvalue weighted by Gasteiger charge is -2.23. The molecule has 0 radical (unpaired) electrons. The minimum Gasteiger partial charge on any atom is -0.466 e. The van der Waals surface area contributed by atoms with Gasteiger partial charge in [0.05, 0.1) is 6.61 Å². The van der Waals surface area contributed by atoms with Gasteiger partial charge >= 0.3 is 11.9 Å². The minimum atomic E-state index is -0.411. The van der Waals surface area contributed by atoms with Gasteiger partial charge in [0.2, 0.25) is 0 Å². The number of hydrogen-bond acceptors (Lipinski definition) is 9. The van der Waals surface area contributed by atoms with Crippen molar-refractivity contribution in [1.29, 1.82) is 0 Å². The van der Waals surface area contributed by atoms with E-state index in [9.17, 15) is 19.2 Å². The summed E-state index contributed by atoms with van der Waals surface area (Å²) in [6.45, 7) is 11.0. The first-order valence-corrected chi connectivity index (χ1v) is 25.6. The van der Waals surface area contributed by atoms with E-state index in [1.807, 2.05) is 0 Å². The van der Waals surface area contributed by atoms with Gasteiger partial charge in [-0.05, 0) is 83.8 Å². The van der Waals surface area contributed by atoms with Gasteiger partial charge in [-0.25, -0.2) is 0 Å². The van der Waals surface area contributed by atoms with Gasteiger partial charge in [0.1, 0.15) is 17.5 Å². The predicted octanol–water partition coefficient (Wildman–Crippen LogP) is 12.8. The molecule has 1 rings (SSSR count). The molecule has 9 heteroatoms. The molecule has 0 saturated carbocycles. The highest BCUT2D eigenvalue weighted by Crippen LogP contribution is 2.20. The van der Waals surface area contributed by atoms with E-state index in [0.717, 1.165) is 116 Å². The van der Waals surface area contributed by atoms with Crippen LogP contribution in [0, 0.1) is 0 Å². The lowest BCUT2D eigenvalue weighted by atomic mass is 10.0. The van der Waals surface area contributed by atoms with Crippen molar-refractivity contribution < 1.29 is 19.1 Å². The number of carbonyl (C=O) groups is 2. The van der Waals surface area contributed by atoms with Crippen LogP contribution in [0.3, 0.4) is 0 Å². The van der Waals surface area contributed by atoms with Crippen LogP contribution in [-0.4, -0.2) is 69.8 Å². The van der Waals surface area contributed by atoms with Gasteiger partial charge in [-0.1, -0.05) is 162 Å². The Hall–Kier alpha value is -2.42. The molecule has 0 saturated heterocycles. The van der Waals surface area contributed by atoms with Crippen molar-refractivity contribution in [1.82, 2.24) is 4.90 Å². The van der Waals surface area contributed by atoms with Gasteiger partial charge in [0.25, 0.3) is 10.9 Å². The number of esters is 2. The first kappa shape index (κ1) is 55.6. The average Bonchev–Trinajstić information content (AvgIpc) is 3.23. The molecule has 0 heterocycles. The van der Waals surface area contributed by atoms with Gasteiger partial charge in [0, 0.05) is 33.5 Å². The second-order valence-corrected chi connectivity index (χ2v) is 18.0. The molecule has 0 atom stereocenters. The molecule has 0 bridgehead atoms. The molecule has 0 aliphatic rings. The van der Waals surface area contributed by atoms with Gasteiger partial charge in [-0.3, -0.25) is 19.2 Å². The summed E-state index contributed by atoms with van der Waals surface area (Å²) < 4.78 is 11.5. The molecule has 350 valence electrons. The minimum absolute atomic E-state index is 0.00285. The van der Waals surface area contributed by atoms with Crippen molar-refractivity contribution in [2.75, 3.05) is 57.1 Å². The Morgan fingerprint density at radius 2 is 0.917 bits per heavy atom. The summed E-state index contributed by atoms with van der Waals surface area (Å²) in [7, 11) is 3.59. The van der Waals surface area contributed by atoms with E-state index in [0.29, 0.717) is 37.4 Å². The zero-order chi connectivity index (χ0) is 43.9. The average molecular weight is 846 g/mol. The van der Waals surface area contributed by atoms with E-state index in [4.69, 9.17) is 9.47 Å². The quantitative estimate of drug-likeness (QED) is 0.0390. The molecule has 0 fully saturated rings. The van der Waals surface area contributed by atoms with E-state index in [1.54, 1.807) is 19.0 Å². The first-order chi connectivity index (χ1) is 29.2. The number of hydrogen-bond donors (Lipinski definition) is 1. The van der Waals surface area contributed by atoms with Crippen LogP contribution in [0.4, 0.5) is 11.4 Å². The van der Waals surface area contributed by atoms with Crippen LogP contribution in [0.25, 0.3) is 0 Å². The first-order valence-electron chi connectivity index (χ1n) is 25.6. The standard InChI is InChI=1S/C51H95N3O6/c1-6-9-12-15-18-27-34-44-59-46(55)38-30-23-19-25-32-41-54(43-35-40-52-48-49(53(4)5)51(58)50(48)57)42-33-26-20-24-31-39-47(56)60-45(36-28-21-16-13-10-7-2)37-29-22-17-14-11-8-3/h45,52H,6-44H2,1-5H3. The molecule has 0 spiro atoms. The predicted molar refractivity (Wildman–Crippen MR) is 255 cm³/mol. The Balaban J connectivity index is 2.39. The number of ether oxygens (including phenoxy) is 2. The molecule has 9 nitrogen and oxygen atoms in total. The van der Waals surface area contributed by atoms with Gasteiger partial charge in [-0.2, -0.15) is 0 Å². The van der Waals surface area contributed by atoms with Crippen LogP contribution in [0.5, 0.6) is 0 Å². The number of unbranched alkanes of at least 4 members (excludes halogenated alkanes) is 24. The zero-order valence-corrected chi connectivity index (χ0v) is 40.0. The molecule has 0 amide bonds. The summed E-state index contributed by atoms with van der Waals surface area (Å²) >= 11 is 0. The van der Waals surface area contributed by atoms with Crippen molar-refractivity contribution >= 4 is 23.3 Å². The van der Waals surface area contributed by atoms with Crippen LogP contribution < -0.4 is 21.1 Å². The summed E-state index contributed by atoms with van der Waals surface area (Å²) in [5.74, 6) is -0.0507. The lowest BCUT2D eigenvalue weighted by molar-refractivity contribution is -0.150. The summed E-state index contributed by atoms with van der Waals surface area (Å²) in [4.78, 5) is 53.4. The Morgan fingerprint density at radius 1 is 0.500 bits per heavy atom. The van der Waals surface area contributed by atoms with E-state index >= 15 is 0 Å². The monoisotopic (exact) mass is 846 g/mol. The van der Waals surface area contributed by atoms with E-state index in [1.165, 1.54) is 109 Å². The topological polar surface area (TPSA) is 105 Å². The number of anilines is 2. The molecular formula is C51H95N3O6. The second-order valence-electron chi connectivity index (χ2n) is 18.0. The molecule has 0 aliphatic heterocycles. The smallest absolute Gasteiger partial charge is 0.306 e. The molecule has 1 aromatic rings. The molecule has 0 unspecified atom stereocenters. The van der Waals surface area contributed by atoms with Crippen molar-refractivity contribution in [3.63, 3.8) is 0 Å². The fourth-order valence-electron chi connectivity index (χ4n) is 8.22. The van der Waals surface area contributed by atoms with E-state index < -0.39 is 10.9 Å².